The smallest absolute Gasteiger partial charge is 0.252 e. The van der Waals surface area contributed by atoms with Crippen molar-refractivity contribution < 1.29 is 9.53 Å². The molecule has 0 bridgehead atoms. The molecular weight excluding hydrogens is 346 g/mol. The van der Waals surface area contributed by atoms with Gasteiger partial charge < -0.3 is 10.1 Å². The van der Waals surface area contributed by atoms with Gasteiger partial charge >= 0.3 is 0 Å². The maximum Gasteiger partial charge on any atom is 0.252 e. The number of hydrogen-bond acceptors (Lipinski definition) is 2. The van der Waals surface area contributed by atoms with Crippen LogP contribution < -0.4 is 10.1 Å². The number of carbonyl (C=O) groups excluding carboxylic acids is 1. The highest BCUT2D eigenvalue weighted by atomic mass is 16.5. The van der Waals surface area contributed by atoms with Crippen molar-refractivity contribution in [1.29, 1.82) is 0 Å². The largest absolute Gasteiger partial charge is 0.494 e. The van der Waals surface area contributed by atoms with Crippen molar-refractivity contribution in [3.8, 4) is 5.75 Å². The molecule has 144 valence electrons. The number of hydrogen-bond donors (Lipinski definition) is 1. The lowest BCUT2D eigenvalue weighted by molar-refractivity contribution is 0.0943. The molecule has 1 atom stereocenters. The molecule has 0 heterocycles. The van der Waals surface area contributed by atoms with E-state index >= 15 is 0 Å². The van der Waals surface area contributed by atoms with Crippen LogP contribution in [-0.4, -0.2) is 12.5 Å². The van der Waals surface area contributed by atoms with E-state index in [0.29, 0.717) is 12.2 Å². The van der Waals surface area contributed by atoms with Crippen LogP contribution in [0.5, 0.6) is 5.75 Å². The minimum atomic E-state index is -0.207. The van der Waals surface area contributed by atoms with E-state index in [1.165, 1.54) is 5.56 Å². The molecule has 3 aromatic carbocycles. The third-order valence-corrected chi connectivity index (χ3v) is 4.88. The highest BCUT2D eigenvalue weighted by Crippen LogP contribution is 2.27. The summed E-state index contributed by atoms with van der Waals surface area (Å²) in [6, 6.07) is 21.8. The minimum absolute atomic E-state index is 0.0972. The molecule has 3 heteroatoms. The lowest BCUT2D eigenvalue weighted by Crippen LogP contribution is -2.30. The Hall–Kier alpha value is -3.07. The molecule has 0 aliphatic carbocycles. The number of aryl methyl sites for hydroxylation is 3. The average Bonchev–Trinajstić information content (AvgIpc) is 2.69. The summed E-state index contributed by atoms with van der Waals surface area (Å²) in [5.74, 6) is 0.716. The molecule has 0 aliphatic rings. The minimum Gasteiger partial charge on any atom is -0.494 e. The third kappa shape index (κ3) is 4.42. The first-order valence-electron chi connectivity index (χ1n) is 9.66. The van der Waals surface area contributed by atoms with Crippen LogP contribution in [0.2, 0.25) is 0 Å². The van der Waals surface area contributed by atoms with E-state index in [9.17, 15) is 4.79 Å². The van der Waals surface area contributed by atoms with Crippen LogP contribution in [0.1, 0.15) is 51.1 Å². The quantitative estimate of drug-likeness (QED) is 0.617. The van der Waals surface area contributed by atoms with Crippen molar-refractivity contribution in [2.45, 2.75) is 33.7 Å². The maximum absolute atomic E-state index is 13.0. The molecule has 3 aromatic rings. The van der Waals surface area contributed by atoms with Gasteiger partial charge in [0.25, 0.3) is 5.91 Å². The van der Waals surface area contributed by atoms with E-state index in [1.807, 2.05) is 62.4 Å². The predicted molar refractivity (Wildman–Crippen MR) is 114 cm³/mol. The Morgan fingerprint density at radius 1 is 0.929 bits per heavy atom. The fourth-order valence-corrected chi connectivity index (χ4v) is 3.46. The molecule has 1 unspecified atom stereocenters. The summed E-state index contributed by atoms with van der Waals surface area (Å²) in [7, 11) is 0. The average molecular weight is 373 g/mol. The van der Waals surface area contributed by atoms with Gasteiger partial charge in [0.05, 0.1) is 12.6 Å². The molecule has 1 amide bonds. The normalized spacial score (nSPS) is 11.7. The van der Waals surface area contributed by atoms with Gasteiger partial charge in [-0.3, -0.25) is 4.79 Å². The van der Waals surface area contributed by atoms with Crippen LogP contribution in [0.15, 0.2) is 66.7 Å². The first kappa shape index (κ1) is 19.7. The van der Waals surface area contributed by atoms with Gasteiger partial charge in [0.2, 0.25) is 0 Å². The van der Waals surface area contributed by atoms with E-state index in [2.05, 4.69) is 37.4 Å². The molecule has 0 aliphatic heterocycles. The highest BCUT2D eigenvalue weighted by molar-refractivity contribution is 5.95. The maximum atomic E-state index is 13.0. The molecule has 0 aromatic heterocycles. The van der Waals surface area contributed by atoms with Gasteiger partial charge in [-0.1, -0.05) is 54.1 Å². The van der Waals surface area contributed by atoms with Crippen LogP contribution in [0.25, 0.3) is 0 Å². The topological polar surface area (TPSA) is 38.3 Å². The fourth-order valence-electron chi connectivity index (χ4n) is 3.46. The van der Waals surface area contributed by atoms with Crippen molar-refractivity contribution in [3.05, 3.63) is 100 Å². The predicted octanol–water partition coefficient (Wildman–Crippen LogP) is 5.53. The van der Waals surface area contributed by atoms with Crippen LogP contribution in [0.3, 0.4) is 0 Å². The summed E-state index contributed by atoms with van der Waals surface area (Å²) in [4.78, 5) is 13.0. The summed E-state index contributed by atoms with van der Waals surface area (Å²) in [5.41, 5.74) is 6.13. The molecule has 3 nitrogen and oxygen atoms in total. The highest BCUT2D eigenvalue weighted by Gasteiger charge is 2.20. The Morgan fingerprint density at radius 2 is 1.68 bits per heavy atom. The standard InChI is InChI=1S/C25H27NO2/c1-5-28-23-14-12-21(16-19(23)4)25(27)26-24(20-9-7-6-8-10-20)22-13-11-17(2)15-18(22)3/h6-16,24H,5H2,1-4H3,(H,26,27). The summed E-state index contributed by atoms with van der Waals surface area (Å²) in [6.07, 6.45) is 0. The van der Waals surface area contributed by atoms with Crippen molar-refractivity contribution in [3.63, 3.8) is 0 Å². The van der Waals surface area contributed by atoms with Crippen molar-refractivity contribution >= 4 is 5.91 Å². The van der Waals surface area contributed by atoms with E-state index in [4.69, 9.17) is 4.74 Å². The van der Waals surface area contributed by atoms with E-state index < -0.39 is 0 Å². The van der Waals surface area contributed by atoms with Crippen molar-refractivity contribution in [2.75, 3.05) is 6.61 Å². The Morgan fingerprint density at radius 3 is 2.32 bits per heavy atom. The second kappa shape index (κ2) is 8.75. The van der Waals surface area contributed by atoms with Crippen LogP contribution in [-0.2, 0) is 0 Å². The zero-order chi connectivity index (χ0) is 20.1. The molecule has 0 saturated heterocycles. The second-order valence-corrected chi connectivity index (χ2v) is 7.09. The lowest BCUT2D eigenvalue weighted by atomic mass is 9.93. The van der Waals surface area contributed by atoms with E-state index in [-0.39, 0.29) is 11.9 Å². The summed E-state index contributed by atoms with van der Waals surface area (Å²) in [5, 5.41) is 3.23. The number of ether oxygens (including phenoxy) is 1. The molecular formula is C25H27NO2. The van der Waals surface area contributed by atoms with Gasteiger partial charge in [0.1, 0.15) is 5.75 Å². The summed E-state index contributed by atoms with van der Waals surface area (Å²) < 4.78 is 5.59. The first-order chi connectivity index (χ1) is 13.5. The SMILES string of the molecule is CCOc1ccc(C(=O)NC(c2ccccc2)c2ccc(C)cc2C)cc1C. The Balaban J connectivity index is 1.93. The lowest BCUT2D eigenvalue weighted by Gasteiger charge is -2.22. The summed E-state index contributed by atoms with van der Waals surface area (Å²) >= 11 is 0. The summed E-state index contributed by atoms with van der Waals surface area (Å²) in [6.45, 7) is 8.69. The Labute approximate surface area is 167 Å². The van der Waals surface area contributed by atoms with Gasteiger partial charge in [-0.2, -0.15) is 0 Å². The first-order valence-corrected chi connectivity index (χ1v) is 9.66. The fraction of sp³-hybridized carbons (Fsp3) is 0.240. The van der Waals surface area contributed by atoms with Gasteiger partial charge in [-0.15, -0.1) is 0 Å². The number of carbonyl (C=O) groups is 1. The monoisotopic (exact) mass is 373 g/mol. The molecule has 0 fully saturated rings. The van der Waals surface area contributed by atoms with Gasteiger partial charge in [-0.05, 0) is 68.1 Å². The van der Waals surface area contributed by atoms with Crippen molar-refractivity contribution in [2.24, 2.45) is 0 Å². The Bertz CT molecular complexity index is 964. The van der Waals surface area contributed by atoms with E-state index in [1.54, 1.807) is 0 Å². The second-order valence-electron chi connectivity index (χ2n) is 7.09. The van der Waals surface area contributed by atoms with Crippen molar-refractivity contribution in [1.82, 2.24) is 5.32 Å². The molecule has 0 radical (unpaired) electrons. The number of benzene rings is 3. The van der Waals surface area contributed by atoms with Crippen LogP contribution in [0.4, 0.5) is 0 Å². The van der Waals surface area contributed by atoms with Crippen LogP contribution >= 0.6 is 0 Å². The van der Waals surface area contributed by atoms with Crippen LogP contribution in [0, 0.1) is 20.8 Å². The van der Waals surface area contributed by atoms with E-state index in [0.717, 1.165) is 28.0 Å². The number of nitrogens with one attached hydrogen (secondary N) is 1. The molecule has 1 N–H and O–H groups in total. The number of rotatable bonds is 6. The molecule has 0 saturated carbocycles. The van der Waals surface area contributed by atoms with Gasteiger partial charge in [0, 0.05) is 5.56 Å². The Kier molecular flexibility index (Phi) is 6.15. The van der Waals surface area contributed by atoms with Gasteiger partial charge in [-0.25, -0.2) is 0 Å². The number of amides is 1. The molecule has 3 rings (SSSR count). The third-order valence-electron chi connectivity index (χ3n) is 4.88. The molecule has 28 heavy (non-hydrogen) atoms. The van der Waals surface area contributed by atoms with Gasteiger partial charge in [0.15, 0.2) is 0 Å². The zero-order valence-corrected chi connectivity index (χ0v) is 17.0. The molecule has 0 spiro atoms. The zero-order valence-electron chi connectivity index (χ0n) is 17.0.